The van der Waals surface area contributed by atoms with Gasteiger partial charge in [-0.1, -0.05) is 119 Å². The van der Waals surface area contributed by atoms with Crippen molar-refractivity contribution < 1.29 is 4.48 Å². The van der Waals surface area contributed by atoms with Gasteiger partial charge in [0.15, 0.2) is 0 Å². The summed E-state index contributed by atoms with van der Waals surface area (Å²) in [7, 11) is 0. The van der Waals surface area contributed by atoms with Crippen molar-refractivity contribution in [2.24, 2.45) is 0 Å². The van der Waals surface area contributed by atoms with Gasteiger partial charge in [-0.15, -0.1) is 0 Å². The normalized spacial score (nSPS) is 13.8. The van der Waals surface area contributed by atoms with E-state index in [1.807, 2.05) is 20.8 Å². The van der Waals surface area contributed by atoms with Crippen LogP contribution >= 0.6 is 34.8 Å². The van der Waals surface area contributed by atoms with Crippen LogP contribution in [0.5, 0.6) is 0 Å². The molecule has 0 aliphatic rings. The largest absolute Gasteiger partial charge is 0.314 e. The Morgan fingerprint density at radius 1 is 0.500 bits per heavy atom. The van der Waals surface area contributed by atoms with Crippen molar-refractivity contribution >= 4 is 34.8 Å². The van der Waals surface area contributed by atoms with Crippen molar-refractivity contribution in [3.8, 4) is 0 Å². The second-order valence-electron chi connectivity index (χ2n) is 9.58. The Bertz CT molecular complexity index is 474. The van der Waals surface area contributed by atoms with Crippen LogP contribution in [0, 0.1) is 0 Å². The van der Waals surface area contributed by atoms with Crippen LogP contribution in [0.1, 0.15) is 118 Å². The second-order valence-corrected chi connectivity index (χ2v) is 11.4. The number of rotatable bonds is 21. The zero-order chi connectivity index (χ0) is 24.1. The minimum Gasteiger partial charge on any atom is -0.314 e. The lowest BCUT2D eigenvalue weighted by Gasteiger charge is -2.36. The first-order valence-corrected chi connectivity index (χ1v) is 14.3. The molecule has 0 rings (SSSR count). The minimum absolute atomic E-state index is 0.853. The molecule has 0 unspecified atom stereocenters. The molecule has 0 aromatic carbocycles. The molecule has 0 bridgehead atoms. The van der Waals surface area contributed by atoms with Crippen LogP contribution in [-0.2, 0) is 0 Å². The molecule has 0 aliphatic carbocycles. The third-order valence-corrected chi connectivity index (χ3v) is 6.73. The maximum Gasteiger partial charge on any atom is 0.0992 e. The van der Waals surface area contributed by atoms with Crippen molar-refractivity contribution in [2.45, 2.75) is 118 Å². The Hall–Kier alpha value is 0.0500. The highest BCUT2D eigenvalue weighted by atomic mass is 35.5. The highest BCUT2D eigenvalue weighted by Crippen LogP contribution is 2.18. The molecule has 0 aromatic rings. The number of allylic oxidation sites excluding steroid dienone is 3. The summed E-state index contributed by atoms with van der Waals surface area (Å²) >= 11 is 18.5. The van der Waals surface area contributed by atoms with Crippen LogP contribution < -0.4 is 0 Å². The third-order valence-electron chi connectivity index (χ3n) is 6.27. The number of unbranched alkanes of at least 4 members (excludes halogenated alkanes) is 13. The molecule has 1 nitrogen and oxygen atoms in total. The summed E-state index contributed by atoms with van der Waals surface area (Å²) < 4.78 is 0.927. The molecule has 0 radical (unpaired) electrons. The van der Waals surface area contributed by atoms with Gasteiger partial charge in [-0.2, -0.15) is 0 Å². The van der Waals surface area contributed by atoms with Gasteiger partial charge in [-0.25, -0.2) is 0 Å². The van der Waals surface area contributed by atoms with Crippen molar-refractivity contribution in [1.82, 2.24) is 0 Å². The first kappa shape index (κ1) is 32.0. The van der Waals surface area contributed by atoms with E-state index < -0.39 is 0 Å². The Morgan fingerprint density at radius 3 is 1.06 bits per heavy atom. The molecule has 0 heterocycles. The van der Waals surface area contributed by atoms with Gasteiger partial charge in [0, 0.05) is 15.1 Å². The van der Waals surface area contributed by atoms with Gasteiger partial charge in [0.25, 0.3) is 0 Å². The average molecular weight is 508 g/mol. The molecule has 32 heavy (non-hydrogen) atoms. The maximum absolute atomic E-state index is 6.17. The Kier molecular flexibility index (Phi) is 21.6. The van der Waals surface area contributed by atoms with E-state index in [-0.39, 0.29) is 0 Å². The van der Waals surface area contributed by atoms with Crippen molar-refractivity contribution in [3.63, 3.8) is 0 Å². The van der Waals surface area contributed by atoms with E-state index in [4.69, 9.17) is 34.8 Å². The molecule has 0 spiro atoms. The lowest BCUT2D eigenvalue weighted by Crippen LogP contribution is -2.49. The van der Waals surface area contributed by atoms with E-state index in [2.05, 4.69) is 25.2 Å². The fourth-order valence-electron chi connectivity index (χ4n) is 4.10. The molecule has 0 aliphatic heterocycles. The molecule has 0 saturated heterocycles. The highest BCUT2D eigenvalue weighted by molar-refractivity contribution is 6.29. The van der Waals surface area contributed by atoms with Gasteiger partial charge in [-0.3, -0.25) is 0 Å². The number of nitrogens with zero attached hydrogens (tertiary/aromatic N) is 1. The third kappa shape index (κ3) is 20.6. The summed E-state index contributed by atoms with van der Waals surface area (Å²) in [6.45, 7) is 12.0. The van der Waals surface area contributed by atoms with Crippen molar-refractivity contribution in [1.29, 1.82) is 0 Å². The van der Waals surface area contributed by atoms with E-state index in [1.54, 1.807) is 0 Å². The van der Waals surface area contributed by atoms with Gasteiger partial charge < -0.3 is 4.48 Å². The van der Waals surface area contributed by atoms with Gasteiger partial charge in [0.1, 0.15) is 0 Å². The summed E-state index contributed by atoms with van der Waals surface area (Å²) in [6, 6.07) is 0. The molecule has 188 valence electrons. The van der Waals surface area contributed by atoms with Crippen molar-refractivity contribution in [2.75, 3.05) is 26.2 Å². The monoisotopic (exact) mass is 506 g/mol. The molecule has 0 fully saturated rings. The predicted molar refractivity (Wildman–Crippen MR) is 149 cm³/mol. The topological polar surface area (TPSA) is 0 Å². The highest BCUT2D eigenvalue weighted by Gasteiger charge is 2.24. The van der Waals surface area contributed by atoms with Crippen LogP contribution in [-0.4, -0.2) is 30.7 Å². The predicted octanol–water partition coefficient (Wildman–Crippen LogP) is 10.7. The summed E-state index contributed by atoms with van der Waals surface area (Å²) in [5.74, 6) is 0. The second kappa shape index (κ2) is 21.6. The first-order valence-electron chi connectivity index (χ1n) is 13.1. The van der Waals surface area contributed by atoms with E-state index in [0.717, 1.165) is 45.8 Å². The first-order chi connectivity index (χ1) is 15.3. The molecular formula is C28H51Cl3N+. The number of quaternary nitrogens is 1. The maximum atomic E-state index is 6.17. The van der Waals surface area contributed by atoms with E-state index >= 15 is 0 Å². The summed E-state index contributed by atoms with van der Waals surface area (Å²) in [5, 5.41) is 2.56. The smallest absolute Gasteiger partial charge is 0.0992 e. The molecule has 0 N–H and O–H groups in total. The van der Waals surface area contributed by atoms with E-state index in [0.29, 0.717) is 0 Å². The molecule has 0 amide bonds. The average Bonchev–Trinajstić information content (AvgIpc) is 2.74. The van der Waals surface area contributed by atoms with E-state index in [9.17, 15) is 0 Å². The zero-order valence-corrected chi connectivity index (χ0v) is 23.8. The number of halogens is 3. The van der Waals surface area contributed by atoms with Crippen LogP contribution in [0.3, 0.4) is 0 Å². The van der Waals surface area contributed by atoms with Gasteiger partial charge in [0.2, 0.25) is 0 Å². The summed E-state index contributed by atoms with van der Waals surface area (Å²) in [6.07, 6.45) is 25.8. The summed E-state index contributed by atoms with van der Waals surface area (Å²) in [4.78, 5) is 0. The Labute approximate surface area is 215 Å². The van der Waals surface area contributed by atoms with Crippen LogP contribution in [0.4, 0.5) is 0 Å². The number of hydrogen-bond donors (Lipinski definition) is 0. The van der Waals surface area contributed by atoms with Crippen LogP contribution in [0.2, 0.25) is 0 Å². The number of hydrogen-bond acceptors (Lipinski definition) is 0. The quantitative estimate of drug-likeness (QED) is 0.107. The molecular weight excluding hydrogens is 457 g/mol. The van der Waals surface area contributed by atoms with Gasteiger partial charge >= 0.3 is 0 Å². The summed E-state index contributed by atoms with van der Waals surface area (Å²) in [5.41, 5.74) is 0. The minimum atomic E-state index is 0.853. The van der Waals surface area contributed by atoms with E-state index in [1.165, 1.54) is 89.9 Å². The van der Waals surface area contributed by atoms with Crippen molar-refractivity contribution in [3.05, 3.63) is 33.3 Å². The van der Waals surface area contributed by atoms with Crippen LogP contribution in [0.25, 0.3) is 0 Å². The molecule has 0 atom stereocenters. The standard InChI is InChI=1S/C28H51Cl3N/c1-5-6-7-8-9-10-11-12-13-14-15-16-17-18-22-32(23-19-26(2)29,24-20-27(3)30)25-21-28(4)31/h19-21H,5-18,22-25H2,1-4H3/q+1/b26-19-,27-20-,28-21-. The molecule has 4 heteroatoms. The van der Waals surface area contributed by atoms with Crippen LogP contribution in [0.15, 0.2) is 33.3 Å². The Balaban J connectivity index is 4.25. The fourth-order valence-corrected chi connectivity index (χ4v) is 4.30. The van der Waals surface area contributed by atoms with Gasteiger partial charge in [-0.05, 0) is 51.8 Å². The lowest BCUT2D eigenvalue weighted by atomic mass is 10.0. The lowest BCUT2D eigenvalue weighted by molar-refractivity contribution is -0.912. The van der Waals surface area contributed by atoms with Gasteiger partial charge in [0.05, 0.1) is 26.2 Å². The molecule has 0 saturated carbocycles. The SMILES string of the molecule is CCCCCCCCCCCCCCCC[N+](C/C=C(/C)Cl)(C/C=C(/C)Cl)C/C=C(/C)Cl. The molecule has 0 aromatic heterocycles. The zero-order valence-electron chi connectivity index (χ0n) is 21.5. The fraction of sp³-hybridized carbons (Fsp3) is 0.786. The Morgan fingerprint density at radius 2 is 0.781 bits per heavy atom.